The predicted molar refractivity (Wildman–Crippen MR) is 83.5 cm³/mol. The number of thiazole rings is 1. The largest absolute Gasteiger partial charge is 0.334 e. The minimum Gasteiger partial charge on any atom is -0.334 e. The van der Waals surface area contributed by atoms with E-state index in [-0.39, 0.29) is 5.91 Å². The number of rotatable bonds is 5. The van der Waals surface area contributed by atoms with Crippen LogP contribution in [0.4, 0.5) is 0 Å². The fourth-order valence-electron chi connectivity index (χ4n) is 2.63. The highest BCUT2D eigenvalue weighted by atomic mass is 32.1. The van der Waals surface area contributed by atoms with E-state index < -0.39 is 0 Å². The Morgan fingerprint density at radius 3 is 3.23 bits per heavy atom. The van der Waals surface area contributed by atoms with E-state index in [1.54, 1.807) is 29.0 Å². The Hall–Kier alpha value is -1.80. The second-order valence-electron chi connectivity index (χ2n) is 5.63. The second kappa shape index (κ2) is 6.97. The normalized spacial score (nSPS) is 18.3. The molecule has 0 spiro atoms. The highest BCUT2D eigenvalue weighted by molar-refractivity contribution is 7.09. The number of carbonyl (C=O) groups is 1. The number of carbonyl (C=O) groups excluding carboxylic acids is 1. The van der Waals surface area contributed by atoms with Crippen molar-refractivity contribution in [2.75, 3.05) is 20.1 Å². The van der Waals surface area contributed by atoms with Gasteiger partial charge in [-0.1, -0.05) is 5.21 Å². The quantitative estimate of drug-likeness (QED) is 0.890. The third kappa shape index (κ3) is 3.69. The monoisotopic (exact) mass is 320 g/mol. The van der Waals surface area contributed by atoms with E-state index in [1.165, 1.54) is 24.2 Å². The molecule has 3 rings (SSSR count). The summed E-state index contributed by atoms with van der Waals surface area (Å²) in [5.74, 6) is 0.440. The molecule has 22 heavy (non-hydrogen) atoms. The lowest BCUT2D eigenvalue weighted by molar-refractivity contribution is 0.0779. The summed E-state index contributed by atoms with van der Waals surface area (Å²) < 4.78 is 1.78. The number of amides is 1. The van der Waals surface area contributed by atoms with Gasteiger partial charge in [-0.25, -0.2) is 4.98 Å². The van der Waals surface area contributed by atoms with E-state index in [0.29, 0.717) is 18.2 Å². The lowest BCUT2D eigenvalue weighted by Crippen LogP contribution is -2.32. The van der Waals surface area contributed by atoms with Crippen molar-refractivity contribution in [3.63, 3.8) is 0 Å². The highest BCUT2D eigenvalue weighted by Crippen LogP contribution is 2.13. The van der Waals surface area contributed by atoms with Crippen LogP contribution in [-0.2, 0) is 13.1 Å². The summed E-state index contributed by atoms with van der Waals surface area (Å²) in [6, 6.07) is 0. The molecule has 3 heterocycles. The summed E-state index contributed by atoms with van der Waals surface area (Å²) in [7, 11) is 1.76. The topological polar surface area (TPSA) is 75.9 Å². The summed E-state index contributed by atoms with van der Waals surface area (Å²) in [6.45, 7) is 3.41. The number of aromatic nitrogens is 4. The van der Waals surface area contributed by atoms with Crippen LogP contribution < -0.4 is 5.32 Å². The molecule has 2 aromatic rings. The fourth-order valence-corrected chi connectivity index (χ4v) is 3.30. The molecule has 1 fully saturated rings. The molecule has 0 aromatic carbocycles. The molecule has 118 valence electrons. The van der Waals surface area contributed by atoms with Gasteiger partial charge in [-0.15, -0.1) is 16.4 Å². The molecule has 2 aromatic heterocycles. The van der Waals surface area contributed by atoms with Crippen LogP contribution in [0.3, 0.4) is 0 Å². The predicted octanol–water partition coefficient (Wildman–Crippen LogP) is 1.01. The first kappa shape index (κ1) is 15.1. The molecule has 1 aliphatic rings. The van der Waals surface area contributed by atoms with Crippen LogP contribution in [0, 0.1) is 5.92 Å². The van der Waals surface area contributed by atoms with Crippen LogP contribution in [0.25, 0.3) is 0 Å². The van der Waals surface area contributed by atoms with Gasteiger partial charge in [0, 0.05) is 25.2 Å². The molecular formula is C14H20N6OS. The number of nitrogens with one attached hydrogen (secondary N) is 1. The molecule has 0 aliphatic carbocycles. The minimum absolute atomic E-state index is 0.122. The highest BCUT2D eigenvalue weighted by Gasteiger charge is 2.19. The Balaban J connectivity index is 1.58. The van der Waals surface area contributed by atoms with Crippen molar-refractivity contribution in [1.82, 2.24) is 30.2 Å². The van der Waals surface area contributed by atoms with Gasteiger partial charge in [0.2, 0.25) is 0 Å². The minimum atomic E-state index is -0.122. The van der Waals surface area contributed by atoms with Gasteiger partial charge >= 0.3 is 0 Å². The standard InChI is InChI=1S/C14H20N6OS/c1-19(10-13-16-5-6-22-13)14(21)12-9-20(18-17-12)8-11-3-2-4-15-7-11/h5-6,9,11,15H,2-4,7-8,10H2,1H3. The molecule has 0 bridgehead atoms. The van der Waals surface area contributed by atoms with Gasteiger partial charge < -0.3 is 10.2 Å². The van der Waals surface area contributed by atoms with Crippen molar-refractivity contribution in [1.29, 1.82) is 0 Å². The summed E-state index contributed by atoms with van der Waals surface area (Å²) in [6.07, 6.45) is 5.88. The van der Waals surface area contributed by atoms with Crippen LogP contribution >= 0.6 is 11.3 Å². The van der Waals surface area contributed by atoms with Crippen molar-refractivity contribution in [3.05, 3.63) is 28.5 Å². The molecule has 1 N–H and O–H groups in total. The Morgan fingerprint density at radius 1 is 1.59 bits per heavy atom. The molecule has 1 atom stereocenters. The maximum absolute atomic E-state index is 12.4. The molecule has 1 unspecified atom stereocenters. The molecule has 0 radical (unpaired) electrons. The Morgan fingerprint density at radius 2 is 2.50 bits per heavy atom. The molecule has 1 amide bonds. The van der Waals surface area contributed by atoms with Crippen LogP contribution in [0.5, 0.6) is 0 Å². The fraction of sp³-hybridized carbons (Fsp3) is 0.571. The Kier molecular flexibility index (Phi) is 4.79. The lowest BCUT2D eigenvalue weighted by Gasteiger charge is -2.22. The van der Waals surface area contributed by atoms with E-state index in [9.17, 15) is 4.79 Å². The van der Waals surface area contributed by atoms with Gasteiger partial charge in [-0.3, -0.25) is 9.48 Å². The third-order valence-electron chi connectivity index (χ3n) is 3.80. The molecule has 0 saturated carbocycles. The number of hydrogen-bond acceptors (Lipinski definition) is 6. The first-order valence-corrected chi connectivity index (χ1v) is 8.35. The van der Waals surface area contributed by atoms with Gasteiger partial charge in [0.25, 0.3) is 5.91 Å². The van der Waals surface area contributed by atoms with Crippen LogP contribution in [0.2, 0.25) is 0 Å². The lowest BCUT2D eigenvalue weighted by atomic mass is 10.00. The average molecular weight is 320 g/mol. The van der Waals surface area contributed by atoms with Gasteiger partial charge in [0.15, 0.2) is 5.69 Å². The zero-order chi connectivity index (χ0) is 15.4. The first-order valence-electron chi connectivity index (χ1n) is 7.47. The zero-order valence-electron chi connectivity index (χ0n) is 12.6. The van der Waals surface area contributed by atoms with Gasteiger partial charge in [-0.2, -0.15) is 0 Å². The van der Waals surface area contributed by atoms with E-state index >= 15 is 0 Å². The SMILES string of the molecule is CN(Cc1nccs1)C(=O)c1cn(CC2CCCNC2)nn1. The Labute approximate surface area is 133 Å². The number of piperidine rings is 1. The van der Waals surface area contributed by atoms with E-state index in [2.05, 4.69) is 20.6 Å². The molecule has 1 aliphatic heterocycles. The van der Waals surface area contributed by atoms with E-state index in [4.69, 9.17) is 0 Å². The maximum atomic E-state index is 12.4. The summed E-state index contributed by atoms with van der Waals surface area (Å²) in [5, 5.41) is 14.3. The van der Waals surface area contributed by atoms with Crippen molar-refractivity contribution >= 4 is 17.2 Å². The summed E-state index contributed by atoms with van der Waals surface area (Å²) >= 11 is 1.54. The smallest absolute Gasteiger partial charge is 0.276 e. The van der Waals surface area contributed by atoms with Crippen LogP contribution in [-0.4, -0.2) is 50.9 Å². The molecule has 1 saturated heterocycles. The van der Waals surface area contributed by atoms with Crippen LogP contribution in [0.1, 0.15) is 28.3 Å². The van der Waals surface area contributed by atoms with Crippen molar-refractivity contribution in [2.45, 2.75) is 25.9 Å². The summed E-state index contributed by atoms with van der Waals surface area (Å²) in [4.78, 5) is 18.2. The van der Waals surface area contributed by atoms with Gasteiger partial charge in [0.05, 0.1) is 12.7 Å². The maximum Gasteiger partial charge on any atom is 0.276 e. The van der Waals surface area contributed by atoms with E-state index in [0.717, 1.165) is 24.6 Å². The molecule has 7 nitrogen and oxygen atoms in total. The van der Waals surface area contributed by atoms with Gasteiger partial charge in [-0.05, 0) is 31.8 Å². The van der Waals surface area contributed by atoms with Crippen molar-refractivity contribution in [2.24, 2.45) is 5.92 Å². The van der Waals surface area contributed by atoms with E-state index in [1.807, 2.05) is 5.38 Å². The second-order valence-corrected chi connectivity index (χ2v) is 6.60. The third-order valence-corrected chi connectivity index (χ3v) is 4.57. The summed E-state index contributed by atoms with van der Waals surface area (Å²) in [5.41, 5.74) is 0.392. The van der Waals surface area contributed by atoms with Gasteiger partial charge in [0.1, 0.15) is 5.01 Å². The number of nitrogens with zero attached hydrogens (tertiary/aromatic N) is 5. The van der Waals surface area contributed by atoms with Crippen molar-refractivity contribution < 1.29 is 4.79 Å². The van der Waals surface area contributed by atoms with Crippen molar-refractivity contribution in [3.8, 4) is 0 Å². The van der Waals surface area contributed by atoms with Crippen LogP contribution in [0.15, 0.2) is 17.8 Å². The number of hydrogen-bond donors (Lipinski definition) is 1. The molecule has 8 heteroatoms. The molecular weight excluding hydrogens is 300 g/mol. The first-order chi connectivity index (χ1) is 10.7. The zero-order valence-corrected chi connectivity index (χ0v) is 13.4. The Bertz CT molecular complexity index is 605. The average Bonchev–Trinajstić information content (AvgIpc) is 3.19.